The quantitative estimate of drug-likeness (QED) is 0.792. The van der Waals surface area contributed by atoms with E-state index in [0.29, 0.717) is 6.42 Å². The maximum Gasteiger partial charge on any atom is 0.268 e. The van der Waals surface area contributed by atoms with Crippen LogP contribution in [0.4, 0.5) is 5.69 Å². The summed E-state index contributed by atoms with van der Waals surface area (Å²) >= 11 is 1.61. The molecule has 0 saturated heterocycles. The first-order chi connectivity index (χ1) is 11.7. The van der Waals surface area contributed by atoms with Crippen LogP contribution in [0, 0.1) is 6.92 Å². The topological polar surface area (TPSA) is 63.6 Å². The molecule has 4 rings (SSSR count). The normalized spacial score (nSPS) is 16.7. The molecule has 120 valence electrons. The van der Waals surface area contributed by atoms with Gasteiger partial charge < -0.3 is 10.2 Å². The Labute approximate surface area is 143 Å². The number of aryl methyl sites for hydroxylation is 1. The summed E-state index contributed by atoms with van der Waals surface area (Å²) in [6, 6.07) is 15.5. The van der Waals surface area contributed by atoms with Crippen molar-refractivity contribution in [3.05, 3.63) is 59.1 Å². The average Bonchev–Trinajstić information content (AvgIpc) is 3.21. The second-order valence-corrected chi connectivity index (χ2v) is 6.84. The molecule has 1 unspecified atom stereocenters. The number of nitrogens with zero attached hydrogens (tertiary/aromatic N) is 2. The van der Waals surface area contributed by atoms with Crippen LogP contribution in [0.25, 0.3) is 10.2 Å². The Balaban J connectivity index is 1.45. The summed E-state index contributed by atoms with van der Waals surface area (Å²) in [5.41, 5.74) is 3.47. The van der Waals surface area contributed by atoms with Crippen LogP contribution in [0.1, 0.15) is 17.0 Å². The predicted octanol–water partition coefficient (Wildman–Crippen LogP) is 3.74. The third kappa shape index (κ3) is 2.88. The van der Waals surface area contributed by atoms with E-state index in [1.807, 2.05) is 55.5 Å². The minimum absolute atomic E-state index is 0.190. The Morgan fingerprint density at radius 3 is 2.92 bits per heavy atom. The van der Waals surface area contributed by atoms with Crippen molar-refractivity contribution in [1.82, 2.24) is 4.98 Å². The first kappa shape index (κ1) is 14.8. The zero-order chi connectivity index (χ0) is 16.5. The molecule has 1 atom stereocenters. The van der Waals surface area contributed by atoms with Crippen LogP contribution in [0.5, 0.6) is 0 Å². The van der Waals surface area contributed by atoms with E-state index in [-0.39, 0.29) is 5.91 Å². The van der Waals surface area contributed by atoms with Crippen LogP contribution in [-0.4, -0.2) is 22.7 Å². The molecule has 3 aromatic rings. The van der Waals surface area contributed by atoms with Crippen molar-refractivity contribution in [2.75, 3.05) is 5.32 Å². The molecule has 1 amide bonds. The monoisotopic (exact) mass is 337 g/mol. The number of fused-ring (bicyclic) bond motifs is 1. The summed E-state index contributed by atoms with van der Waals surface area (Å²) in [6.45, 7) is 1.97. The fourth-order valence-electron chi connectivity index (χ4n) is 2.66. The Morgan fingerprint density at radius 1 is 1.25 bits per heavy atom. The number of benzene rings is 2. The predicted molar refractivity (Wildman–Crippen MR) is 95.5 cm³/mol. The lowest BCUT2D eigenvalue weighted by atomic mass is 10.0. The number of carbonyl (C=O) groups is 1. The van der Waals surface area contributed by atoms with Crippen LogP contribution in [0.3, 0.4) is 0 Å². The van der Waals surface area contributed by atoms with Gasteiger partial charge in [-0.3, -0.25) is 4.79 Å². The van der Waals surface area contributed by atoms with E-state index in [9.17, 15) is 4.79 Å². The molecule has 24 heavy (non-hydrogen) atoms. The lowest BCUT2D eigenvalue weighted by Gasteiger charge is -2.09. The molecule has 6 heteroatoms. The summed E-state index contributed by atoms with van der Waals surface area (Å²) in [7, 11) is 0. The van der Waals surface area contributed by atoms with E-state index in [0.717, 1.165) is 32.2 Å². The number of amides is 1. The first-order valence-corrected chi connectivity index (χ1v) is 8.47. The molecule has 5 nitrogen and oxygen atoms in total. The molecular formula is C18H15N3O2S. The molecule has 1 aromatic heterocycles. The number of anilines is 1. The highest BCUT2D eigenvalue weighted by Crippen LogP contribution is 2.25. The van der Waals surface area contributed by atoms with E-state index < -0.39 is 6.10 Å². The third-order valence-corrected chi connectivity index (χ3v) is 4.76. The van der Waals surface area contributed by atoms with Gasteiger partial charge in [-0.1, -0.05) is 35.5 Å². The van der Waals surface area contributed by atoms with Crippen LogP contribution in [-0.2, 0) is 9.63 Å². The number of aromatic nitrogens is 1. The highest BCUT2D eigenvalue weighted by molar-refractivity contribution is 7.18. The number of hydrogen-bond acceptors (Lipinski definition) is 5. The number of thiazole rings is 1. The molecule has 1 aliphatic rings. The van der Waals surface area contributed by atoms with Crippen LogP contribution in [0.2, 0.25) is 0 Å². The van der Waals surface area contributed by atoms with Gasteiger partial charge in [-0.05, 0) is 30.7 Å². The van der Waals surface area contributed by atoms with Gasteiger partial charge in [0.15, 0.2) is 0 Å². The van der Waals surface area contributed by atoms with Gasteiger partial charge >= 0.3 is 0 Å². The molecule has 0 aliphatic carbocycles. The molecule has 2 aromatic carbocycles. The molecule has 0 bridgehead atoms. The molecule has 0 saturated carbocycles. The Hall–Kier alpha value is -2.73. The molecule has 0 radical (unpaired) electrons. The molecule has 1 N–H and O–H groups in total. The number of carbonyl (C=O) groups excluding carboxylic acids is 1. The van der Waals surface area contributed by atoms with Gasteiger partial charge in [0.25, 0.3) is 5.91 Å². The molecule has 1 aliphatic heterocycles. The SMILES string of the molecule is Cc1nc2ccc(NC(=O)C3CC(c4ccccc4)=NO3)cc2s1. The Bertz CT molecular complexity index is 934. The maximum atomic E-state index is 12.4. The lowest BCUT2D eigenvalue weighted by molar-refractivity contribution is -0.125. The minimum Gasteiger partial charge on any atom is -0.382 e. The van der Waals surface area contributed by atoms with Crippen molar-refractivity contribution in [2.24, 2.45) is 5.16 Å². The molecule has 2 heterocycles. The van der Waals surface area contributed by atoms with Crippen molar-refractivity contribution in [1.29, 1.82) is 0 Å². The van der Waals surface area contributed by atoms with Crippen LogP contribution in [0.15, 0.2) is 53.7 Å². The number of oxime groups is 1. The standard InChI is InChI=1S/C18H15N3O2S/c1-11-19-14-8-7-13(9-17(14)24-11)20-18(22)16-10-15(21-23-16)12-5-3-2-4-6-12/h2-9,16H,10H2,1H3,(H,20,22). The van der Waals surface area contributed by atoms with Crippen molar-refractivity contribution in [2.45, 2.75) is 19.4 Å². The van der Waals surface area contributed by atoms with Gasteiger partial charge in [0.1, 0.15) is 0 Å². The van der Waals surface area contributed by atoms with Crippen molar-refractivity contribution in [3.8, 4) is 0 Å². The molecule has 0 spiro atoms. The molecule has 0 fully saturated rings. The van der Waals surface area contributed by atoms with Gasteiger partial charge in [0, 0.05) is 12.1 Å². The summed E-state index contributed by atoms with van der Waals surface area (Å²) in [6.07, 6.45) is -0.128. The molecular weight excluding hydrogens is 322 g/mol. The van der Waals surface area contributed by atoms with E-state index in [1.54, 1.807) is 11.3 Å². The van der Waals surface area contributed by atoms with E-state index in [4.69, 9.17) is 4.84 Å². The third-order valence-electron chi connectivity index (χ3n) is 3.83. The summed E-state index contributed by atoms with van der Waals surface area (Å²) in [4.78, 5) is 22.1. The Morgan fingerprint density at radius 2 is 2.08 bits per heavy atom. The largest absolute Gasteiger partial charge is 0.382 e. The minimum atomic E-state index is -0.598. The van der Waals surface area contributed by atoms with Gasteiger partial charge in [0.05, 0.1) is 20.9 Å². The number of nitrogens with one attached hydrogen (secondary N) is 1. The maximum absolute atomic E-state index is 12.4. The van der Waals surface area contributed by atoms with E-state index >= 15 is 0 Å². The fourth-order valence-corrected chi connectivity index (χ4v) is 3.53. The van der Waals surface area contributed by atoms with Gasteiger partial charge in [-0.25, -0.2) is 4.98 Å². The van der Waals surface area contributed by atoms with Crippen LogP contribution < -0.4 is 5.32 Å². The lowest BCUT2D eigenvalue weighted by Crippen LogP contribution is -2.28. The fraction of sp³-hybridized carbons (Fsp3) is 0.167. The van der Waals surface area contributed by atoms with Gasteiger partial charge in [0.2, 0.25) is 6.10 Å². The Kier molecular flexibility index (Phi) is 3.74. The summed E-state index contributed by atoms with van der Waals surface area (Å²) in [5.74, 6) is -0.190. The number of hydrogen-bond donors (Lipinski definition) is 1. The number of rotatable bonds is 3. The average molecular weight is 337 g/mol. The van der Waals surface area contributed by atoms with Crippen molar-refractivity contribution in [3.63, 3.8) is 0 Å². The van der Waals surface area contributed by atoms with Crippen molar-refractivity contribution < 1.29 is 9.63 Å². The summed E-state index contributed by atoms with van der Waals surface area (Å²) < 4.78 is 1.05. The van der Waals surface area contributed by atoms with Gasteiger partial charge in [-0.2, -0.15) is 0 Å². The highest BCUT2D eigenvalue weighted by Gasteiger charge is 2.28. The highest BCUT2D eigenvalue weighted by atomic mass is 32.1. The first-order valence-electron chi connectivity index (χ1n) is 7.65. The van der Waals surface area contributed by atoms with E-state index in [1.165, 1.54) is 0 Å². The smallest absolute Gasteiger partial charge is 0.268 e. The van der Waals surface area contributed by atoms with Crippen LogP contribution >= 0.6 is 11.3 Å². The second kappa shape index (κ2) is 6.05. The van der Waals surface area contributed by atoms with Crippen molar-refractivity contribution >= 4 is 38.9 Å². The van der Waals surface area contributed by atoms with E-state index in [2.05, 4.69) is 15.5 Å². The van der Waals surface area contributed by atoms with Gasteiger partial charge in [-0.15, -0.1) is 11.3 Å². The zero-order valence-corrected chi connectivity index (χ0v) is 13.8. The summed E-state index contributed by atoms with van der Waals surface area (Å²) in [5, 5.41) is 7.96. The zero-order valence-electron chi connectivity index (χ0n) is 13.0. The second-order valence-electron chi connectivity index (χ2n) is 5.61.